The van der Waals surface area contributed by atoms with Gasteiger partial charge in [-0.3, -0.25) is 5.32 Å². The molecule has 6 heteroatoms. The molecule has 2 rings (SSSR count). The van der Waals surface area contributed by atoms with Crippen molar-refractivity contribution in [3.05, 3.63) is 59.7 Å². The Balaban J connectivity index is 2.00. The van der Waals surface area contributed by atoms with Gasteiger partial charge in [0.2, 0.25) is 0 Å². The lowest BCUT2D eigenvalue weighted by Gasteiger charge is -2.11. The molecule has 0 aromatic heterocycles. The summed E-state index contributed by atoms with van der Waals surface area (Å²) in [6.07, 6.45) is -0.731. The molecule has 0 unspecified atom stereocenters. The number of nitrogens with one attached hydrogen (secondary N) is 1. The summed E-state index contributed by atoms with van der Waals surface area (Å²) < 4.78 is 9.89. The molecule has 120 valence electrons. The summed E-state index contributed by atoms with van der Waals surface area (Å²) in [4.78, 5) is 23.5. The number of carbonyl (C=O) groups excluding carboxylic acids is 2. The molecule has 6 nitrogen and oxygen atoms in total. The monoisotopic (exact) mass is 315 g/mol. The SMILES string of the molecule is CCOC(=O)c1cccc(NC(=O)OCc2ccccc2)c1O. The second kappa shape index (κ2) is 7.84. The molecule has 2 aromatic rings. The van der Waals surface area contributed by atoms with E-state index >= 15 is 0 Å². The number of benzene rings is 2. The van der Waals surface area contributed by atoms with Gasteiger partial charge in [-0.2, -0.15) is 0 Å². The van der Waals surface area contributed by atoms with Crippen LogP contribution in [0.2, 0.25) is 0 Å². The van der Waals surface area contributed by atoms with Crippen molar-refractivity contribution in [3.8, 4) is 5.75 Å². The predicted octanol–water partition coefficient (Wildman–Crippen LogP) is 3.32. The number of ether oxygens (including phenoxy) is 2. The smallest absolute Gasteiger partial charge is 0.412 e. The van der Waals surface area contributed by atoms with E-state index in [4.69, 9.17) is 9.47 Å². The van der Waals surface area contributed by atoms with Gasteiger partial charge in [0, 0.05) is 0 Å². The van der Waals surface area contributed by atoms with Crippen molar-refractivity contribution in [2.24, 2.45) is 0 Å². The molecular weight excluding hydrogens is 298 g/mol. The molecule has 0 aliphatic carbocycles. The standard InChI is InChI=1S/C17H17NO5/c1-2-22-16(20)13-9-6-10-14(15(13)19)18-17(21)23-11-12-7-4-3-5-8-12/h3-10,19H,2,11H2,1H3,(H,18,21). The largest absolute Gasteiger partial charge is 0.505 e. The van der Waals surface area contributed by atoms with Crippen molar-refractivity contribution in [1.82, 2.24) is 0 Å². The first-order chi connectivity index (χ1) is 11.1. The van der Waals surface area contributed by atoms with Gasteiger partial charge in [0.1, 0.15) is 12.2 Å². The Morgan fingerprint density at radius 3 is 2.48 bits per heavy atom. The van der Waals surface area contributed by atoms with E-state index in [1.54, 1.807) is 6.92 Å². The van der Waals surface area contributed by atoms with E-state index in [1.165, 1.54) is 18.2 Å². The van der Waals surface area contributed by atoms with Crippen LogP contribution in [0.15, 0.2) is 48.5 Å². The normalized spacial score (nSPS) is 9.96. The van der Waals surface area contributed by atoms with Crippen LogP contribution in [0, 0.1) is 0 Å². The molecule has 2 N–H and O–H groups in total. The highest BCUT2D eigenvalue weighted by Gasteiger charge is 2.16. The Bertz CT molecular complexity index is 685. The maximum atomic E-state index is 11.8. The van der Waals surface area contributed by atoms with Crippen LogP contribution in [-0.4, -0.2) is 23.8 Å². The first-order valence-corrected chi connectivity index (χ1v) is 7.08. The molecule has 0 aliphatic heterocycles. The number of amides is 1. The Hall–Kier alpha value is -3.02. The summed E-state index contributed by atoms with van der Waals surface area (Å²) in [5.74, 6) is -1.02. The number of rotatable bonds is 5. The lowest BCUT2D eigenvalue weighted by atomic mass is 10.1. The van der Waals surface area contributed by atoms with Crippen molar-refractivity contribution in [2.45, 2.75) is 13.5 Å². The van der Waals surface area contributed by atoms with Crippen LogP contribution in [-0.2, 0) is 16.1 Å². The van der Waals surface area contributed by atoms with E-state index in [0.717, 1.165) is 5.56 Å². The molecule has 0 aliphatic rings. The van der Waals surface area contributed by atoms with Crippen LogP contribution in [0.4, 0.5) is 10.5 Å². The number of hydrogen-bond donors (Lipinski definition) is 2. The molecule has 0 saturated carbocycles. The van der Waals surface area contributed by atoms with Crippen LogP contribution in [0.5, 0.6) is 5.75 Å². The van der Waals surface area contributed by atoms with Gasteiger partial charge in [0.15, 0.2) is 5.75 Å². The highest BCUT2D eigenvalue weighted by molar-refractivity contribution is 5.97. The molecule has 23 heavy (non-hydrogen) atoms. The fourth-order valence-electron chi connectivity index (χ4n) is 1.89. The molecule has 2 aromatic carbocycles. The van der Waals surface area contributed by atoms with E-state index in [9.17, 15) is 14.7 Å². The molecular formula is C17H17NO5. The number of esters is 1. The van der Waals surface area contributed by atoms with E-state index in [2.05, 4.69) is 5.32 Å². The van der Waals surface area contributed by atoms with Crippen LogP contribution < -0.4 is 5.32 Å². The Labute approximate surface area is 133 Å². The summed E-state index contributed by atoms with van der Waals surface area (Å²) in [6, 6.07) is 13.6. The predicted molar refractivity (Wildman–Crippen MR) is 84.3 cm³/mol. The van der Waals surface area contributed by atoms with Crippen molar-refractivity contribution < 1.29 is 24.2 Å². The van der Waals surface area contributed by atoms with Crippen LogP contribution in [0.1, 0.15) is 22.8 Å². The fourth-order valence-corrected chi connectivity index (χ4v) is 1.89. The molecule has 0 heterocycles. The molecule has 0 radical (unpaired) electrons. The number of para-hydroxylation sites is 1. The van der Waals surface area contributed by atoms with Crippen LogP contribution in [0.3, 0.4) is 0 Å². The van der Waals surface area contributed by atoms with Gasteiger partial charge < -0.3 is 14.6 Å². The first-order valence-electron chi connectivity index (χ1n) is 7.08. The van der Waals surface area contributed by atoms with E-state index < -0.39 is 12.1 Å². The second-order valence-corrected chi connectivity index (χ2v) is 4.61. The third kappa shape index (κ3) is 4.47. The Morgan fingerprint density at radius 1 is 1.04 bits per heavy atom. The summed E-state index contributed by atoms with van der Waals surface area (Å²) in [7, 11) is 0. The van der Waals surface area contributed by atoms with E-state index in [1.807, 2.05) is 30.3 Å². The lowest BCUT2D eigenvalue weighted by Crippen LogP contribution is -2.14. The minimum Gasteiger partial charge on any atom is -0.505 e. The Morgan fingerprint density at radius 2 is 1.78 bits per heavy atom. The molecule has 1 amide bonds. The molecule has 0 spiro atoms. The zero-order chi connectivity index (χ0) is 16.7. The molecule has 0 saturated heterocycles. The molecule has 0 atom stereocenters. The van der Waals surface area contributed by atoms with Crippen LogP contribution >= 0.6 is 0 Å². The highest BCUT2D eigenvalue weighted by atomic mass is 16.5. The van der Waals surface area contributed by atoms with Gasteiger partial charge in [0.05, 0.1) is 12.3 Å². The van der Waals surface area contributed by atoms with Gasteiger partial charge in [-0.05, 0) is 24.6 Å². The minimum absolute atomic E-state index is 0.0206. The van der Waals surface area contributed by atoms with Gasteiger partial charge in [0.25, 0.3) is 0 Å². The number of hydrogen-bond acceptors (Lipinski definition) is 5. The average Bonchev–Trinajstić information content (AvgIpc) is 2.56. The first kappa shape index (κ1) is 16.4. The van der Waals surface area contributed by atoms with E-state index in [-0.39, 0.29) is 30.2 Å². The fraction of sp³-hybridized carbons (Fsp3) is 0.176. The third-order valence-electron chi connectivity index (χ3n) is 2.98. The van der Waals surface area contributed by atoms with Crippen molar-refractivity contribution >= 4 is 17.7 Å². The molecule has 0 fully saturated rings. The summed E-state index contributed by atoms with van der Waals surface area (Å²) in [5.41, 5.74) is 0.897. The van der Waals surface area contributed by atoms with Gasteiger partial charge >= 0.3 is 12.1 Å². The quantitative estimate of drug-likeness (QED) is 0.653. The lowest BCUT2D eigenvalue weighted by molar-refractivity contribution is 0.0523. The van der Waals surface area contributed by atoms with Gasteiger partial charge in [-0.25, -0.2) is 9.59 Å². The topological polar surface area (TPSA) is 84.9 Å². The zero-order valence-electron chi connectivity index (χ0n) is 12.6. The number of phenolic OH excluding ortho intramolecular Hbond substituents is 1. The maximum absolute atomic E-state index is 11.8. The maximum Gasteiger partial charge on any atom is 0.412 e. The van der Waals surface area contributed by atoms with Crippen molar-refractivity contribution in [3.63, 3.8) is 0 Å². The van der Waals surface area contributed by atoms with E-state index in [0.29, 0.717) is 0 Å². The zero-order valence-corrected chi connectivity index (χ0v) is 12.6. The van der Waals surface area contributed by atoms with Crippen LogP contribution in [0.25, 0.3) is 0 Å². The number of aromatic hydroxyl groups is 1. The Kier molecular flexibility index (Phi) is 5.57. The number of anilines is 1. The third-order valence-corrected chi connectivity index (χ3v) is 2.98. The number of phenols is 1. The highest BCUT2D eigenvalue weighted by Crippen LogP contribution is 2.28. The van der Waals surface area contributed by atoms with Crippen molar-refractivity contribution in [1.29, 1.82) is 0 Å². The minimum atomic E-state index is -0.731. The summed E-state index contributed by atoms with van der Waals surface area (Å²) in [6.45, 7) is 1.96. The number of carbonyl (C=O) groups is 2. The second-order valence-electron chi connectivity index (χ2n) is 4.61. The summed E-state index contributed by atoms with van der Waals surface area (Å²) >= 11 is 0. The van der Waals surface area contributed by atoms with Crippen molar-refractivity contribution in [2.75, 3.05) is 11.9 Å². The summed E-state index contributed by atoms with van der Waals surface area (Å²) in [5, 5.41) is 12.4. The average molecular weight is 315 g/mol. The van der Waals surface area contributed by atoms with Gasteiger partial charge in [-0.15, -0.1) is 0 Å². The molecule has 0 bridgehead atoms. The van der Waals surface area contributed by atoms with Gasteiger partial charge in [-0.1, -0.05) is 36.4 Å².